The van der Waals surface area contributed by atoms with Crippen molar-refractivity contribution < 1.29 is 9.21 Å². The van der Waals surface area contributed by atoms with E-state index in [1.807, 2.05) is 48.5 Å². The molecular weight excluding hydrogens is 300 g/mol. The summed E-state index contributed by atoms with van der Waals surface area (Å²) in [5, 5.41) is 6.67. The largest absolute Gasteiger partial charge is 0.459 e. The van der Waals surface area contributed by atoms with Crippen molar-refractivity contribution in [2.75, 3.05) is 10.6 Å². The van der Waals surface area contributed by atoms with E-state index in [0.717, 1.165) is 11.4 Å². The summed E-state index contributed by atoms with van der Waals surface area (Å²) in [6.07, 6.45) is 1.47. The van der Waals surface area contributed by atoms with Crippen molar-refractivity contribution in [3.8, 4) is 0 Å². The van der Waals surface area contributed by atoms with Gasteiger partial charge >= 0.3 is 0 Å². The van der Waals surface area contributed by atoms with Crippen LogP contribution in [0, 0.1) is 0 Å². The fraction of sp³-hybridized carbons (Fsp3) is 0. The second-order valence-corrected chi connectivity index (χ2v) is 5.08. The highest BCUT2D eigenvalue weighted by atomic mass is 35.5. The SMILES string of the molecule is O=C(Nc1ccc(Nc2cccc(Cl)c2)cc1)c1ccco1. The van der Waals surface area contributed by atoms with E-state index in [4.69, 9.17) is 16.0 Å². The van der Waals surface area contributed by atoms with Crippen molar-refractivity contribution in [1.29, 1.82) is 0 Å². The predicted molar refractivity (Wildman–Crippen MR) is 87.8 cm³/mol. The van der Waals surface area contributed by atoms with Crippen LogP contribution in [0.15, 0.2) is 71.3 Å². The van der Waals surface area contributed by atoms with Crippen molar-refractivity contribution >= 4 is 34.6 Å². The normalized spacial score (nSPS) is 10.2. The van der Waals surface area contributed by atoms with Crippen molar-refractivity contribution in [2.24, 2.45) is 0 Å². The minimum absolute atomic E-state index is 0.277. The number of furan rings is 1. The lowest BCUT2D eigenvalue weighted by atomic mass is 10.2. The quantitative estimate of drug-likeness (QED) is 0.718. The zero-order valence-corrected chi connectivity index (χ0v) is 12.3. The molecule has 3 aromatic rings. The van der Waals surface area contributed by atoms with Crippen LogP contribution in [-0.4, -0.2) is 5.91 Å². The van der Waals surface area contributed by atoms with E-state index in [0.29, 0.717) is 10.7 Å². The molecule has 0 bridgehead atoms. The highest BCUT2D eigenvalue weighted by molar-refractivity contribution is 6.30. The molecule has 0 aliphatic rings. The van der Waals surface area contributed by atoms with Gasteiger partial charge < -0.3 is 15.1 Å². The number of nitrogens with one attached hydrogen (secondary N) is 2. The topological polar surface area (TPSA) is 54.3 Å². The third-order valence-electron chi connectivity index (χ3n) is 3.00. The molecule has 0 aliphatic carbocycles. The molecule has 0 atom stereocenters. The van der Waals surface area contributed by atoms with Crippen molar-refractivity contribution in [3.05, 3.63) is 77.7 Å². The van der Waals surface area contributed by atoms with Gasteiger partial charge in [0.2, 0.25) is 0 Å². The monoisotopic (exact) mass is 312 g/mol. The van der Waals surface area contributed by atoms with Crippen molar-refractivity contribution in [3.63, 3.8) is 0 Å². The Bertz CT molecular complexity index is 768. The molecule has 0 radical (unpaired) electrons. The lowest BCUT2D eigenvalue weighted by Crippen LogP contribution is -2.10. The first kappa shape index (κ1) is 14.2. The average molecular weight is 313 g/mol. The van der Waals surface area contributed by atoms with E-state index in [2.05, 4.69) is 10.6 Å². The van der Waals surface area contributed by atoms with Crippen LogP contribution in [0.2, 0.25) is 5.02 Å². The van der Waals surface area contributed by atoms with Gasteiger partial charge in [0.15, 0.2) is 5.76 Å². The summed E-state index contributed by atoms with van der Waals surface area (Å²) in [6, 6.07) is 18.1. The van der Waals surface area contributed by atoms with Gasteiger partial charge in [-0.3, -0.25) is 4.79 Å². The van der Waals surface area contributed by atoms with Gasteiger partial charge in [0, 0.05) is 22.1 Å². The Hall–Kier alpha value is -2.72. The zero-order chi connectivity index (χ0) is 15.4. The molecule has 0 saturated heterocycles. The smallest absolute Gasteiger partial charge is 0.291 e. The van der Waals surface area contributed by atoms with Gasteiger partial charge in [0.05, 0.1) is 6.26 Å². The van der Waals surface area contributed by atoms with Crippen molar-refractivity contribution in [2.45, 2.75) is 0 Å². The van der Waals surface area contributed by atoms with Crippen LogP contribution < -0.4 is 10.6 Å². The molecule has 0 unspecified atom stereocenters. The number of hydrogen-bond acceptors (Lipinski definition) is 3. The molecule has 0 fully saturated rings. The fourth-order valence-electron chi connectivity index (χ4n) is 1.97. The first-order valence-electron chi connectivity index (χ1n) is 6.68. The Morgan fingerprint density at radius 2 is 1.68 bits per heavy atom. The lowest BCUT2D eigenvalue weighted by Gasteiger charge is -2.08. The molecule has 1 heterocycles. The van der Waals surface area contributed by atoms with Crippen LogP contribution >= 0.6 is 11.6 Å². The van der Waals surface area contributed by atoms with E-state index in [1.54, 1.807) is 12.1 Å². The number of carbonyl (C=O) groups excluding carboxylic acids is 1. The molecule has 0 saturated carbocycles. The summed E-state index contributed by atoms with van der Waals surface area (Å²) in [7, 11) is 0. The molecule has 0 spiro atoms. The third-order valence-corrected chi connectivity index (χ3v) is 3.24. The number of rotatable bonds is 4. The molecule has 22 heavy (non-hydrogen) atoms. The number of halogens is 1. The predicted octanol–water partition coefficient (Wildman–Crippen LogP) is 4.93. The second-order valence-electron chi connectivity index (χ2n) is 4.64. The Balaban J connectivity index is 1.66. The summed E-state index contributed by atoms with van der Waals surface area (Å²) in [6.45, 7) is 0. The summed E-state index contributed by atoms with van der Waals surface area (Å²) >= 11 is 5.95. The molecule has 0 aliphatic heterocycles. The number of carbonyl (C=O) groups is 1. The fourth-order valence-corrected chi connectivity index (χ4v) is 2.16. The maximum absolute atomic E-state index is 11.9. The molecule has 4 nitrogen and oxygen atoms in total. The van der Waals surface area contributed by atoms with Crippen LogP contribution in [0.25, 0.3) is 0 Å². The maximum atomic E-state index is 11.9. The third kappa shape index (κ3) is 3.48. The highest BCUT2D eigenvalue weighted by Crippen LogP contribution is 2.21. The van der Waals surface area contributed by atoms with E-state index in [-0.39, 0.29) is 11.7 Å². The van der Waals surface area contributed by atoms with E-state index in [1.165, 1.54) is 6.26 Å². The van der Waals surface area contributed by atoms with Crippen LogP contribution in [-0.2, 0) is 0 Å². The Kier molecular flexibility index (Phi) is 4.12. The average Bonchev–Trinajstić information content (AvgIpc) is 3.04. The Morgan fingerprint density at radius 1 is 0.909 bits per heavy atom. The maximum Gasteiger partial charge on any atom is 0.291 e. The number of hydrogen-bond donors (Lipinski definition) is 2. The van der Waals surface area contributed by atoms with Gasteiger partial charge in [0.1, 0.15) is 0 Å². The lowest BCUT2D eigenvalue weighted by molar-refractivity contribution is 0.0996. The summed E-state index contributed by atoms with van der Waals surface area (Å²) in [5.74, 6) is 0.00155. The van der Waals surface area contributed by atoms with Crippen LogP contribution in [0.4, 0.5) is 17.1 Å². The van der Waals surface area contributed by atoms with Gasteiger partial charge in [-0.25, -0.2) is 0 Å². The van der Waals surface area contributed by atoms with Crippen molar-refractivity contribution in [1.82, 2.24) is 0 Å². The molecular formula is C17H13ClN2O2. The van der Waals surface area contributed by atoms with E-state index in [9.17, 15) is 4.79 Å². The van der Waals surface area contributed by atoms with Crippen LogP contribution in [0.5, 0.6) is 0 Å². The first-order chi connectivity index (χ1) is 10.7. The molecule has 5 heteroatoms. The van der Waals surface area contributed by atoms with Gasteiger partial charge in [-0.1, -0.05) is 17.7 Å². The Labute approximate surface area is 132 Å². The van der Waals surface area contributed by atoms with Gasteiger partial charge in [-0.05, 0) is 54.6 Å². The number of benzene rings is 2. The second kappa shape index (κ2) is 6.37. The molecule has 3 rings (SSSR count). The molecule has 2 aromatic carbocycles. The molecule has 1 amide bonds. The van der Waals surface area contributed by atoms with E-state index < -0.39 is 0 Å². The summed E-state index contributed by atoms with van der Waals surface area (Å²) in [5.41, 5.74) is 2.50. The molecule has 110 valence electrons. The Morgan fingerprint density at radius 3 is 2.36 bits per heavy atom. The minimum atomic E-state index is -0.277. The standard InChI is InChI=1S/C17H13ClN2O2/c18-12-3-1-4-15(11-12)19-13-6-8-14(9-7-13)20-17(21)16-5-2-10-22-16/h1-11,19H,(H,20,21). The van der Waals surface area contributed by atoms with Crippen LogP contribution in [0.3, 0.4) is 0 Å². The van der Waals surface area contributed by atoms with Gasteiger partial charge in [0.25, 0.3) is 5.91 Å². The number of anilines is 3. The highest BCUT2D eigenvalue weighted by Gasteiger charge is 2.08. The number of amides is 1. The zero-order valence-electron chi connectivity index (χ0n) is 11.5. The van der Waals surface area contributed by atoms with Crippen LogP contribution in [0.1, 0.15) is 10.6 Å². The minimum Gasteiger partial charge on any atom is -0.459 e. The van der Waals surface area contributed by atoms with Gasteiger partial charge in [-0.15, -0.1) is 0 Å². The summed E-state index contributed by atoms with van der Waals surface area (Å²) in [4.78, 5) is 11.9. The molecule has 1 aromatic heterocycles. The first-order valence-corrected chi connectivity index (χ1v) is 7.06. The van der Waals surface area contributed by atoms with Gasteiger partial charge in [-0.2, -0.15) is 0 Å². The summed E-state index contributed by atoms with van der Waals surface area (Å²) < 4.78 is 5.04. The molecule has 2 N–H and O–H groups in total. The van der Waals surface area contributed by atoms with E-state index >= 15 is 0 Å².